The maximum Gasteiger partial charge on any atom is 0.237 e. The van der Waals surface area contributed by atoms with Crippen molar-refractivity contribution >= 4 is 30.7 Å². The number of benzene rings is 1. The quantitative estimate of drug-likeness (QED) is 0.789. The fourth-order valence-corrected chi connectivity index (χ4v) is 4.15. The van der Waals surface area contributed by atoms with Crippen LogP contribution in [0.2, 0.25) is 0 Å². The Kier molecular flexibility index (Phi) is 9.31. The van der Waals surface area contributed by atoms with Crippen LogP contribution in [-0.2, 0) is 4.79 Å². The van der Waals surface area contributed by atoms with Crippen molar-refractivity contribution in [3.05, 3.63) is 35.6 Å². The minimum absolute atomic E-state index is 0. The van der Waals surface area contributed by atoms with Gasteiger partial charge in [-0.1, -0.05) is 25.0 Å². The molecule has 4 unspecified atom stereocenters. The summed E-state index contributed by atoms with van der Waals surface area (Å²) < 4.78 is 13.5. The first-order chi connectivity index (χ1) is 11.5. The topological polar surface area (TPSA) is 44.4 Å². The highest BCUT2D eigenvalue weighted by Crippen LogP contribution is 2.33. The molecule has 1 aliphatic carbocycles. The molecule has 1 saturated carbocycles. The van der Waals surface area contributed by atoms with Crippen LogP contribution in [0.25, 0.3) is 0 Å². The maximum atomic E-state index is 13.5. The molecule has 4 nitrogen and oxygen atoms in total. The van der Waals surface area contributed by atoms with Gasteiger partial charge in [-0.05, 0) is 57.0 Å². The zero-order chi connectivity index (χ0) is 17.1. The molecule has 0 spiro atoms. The number of carbonyl (C=O) groups is 1. The lowest BCUT2D eigenvalue weighted by Crippen LogP contribution is -2.45. The first kappa shape index (κ1) is 23.2. The first-order valence-electron chi connectivity index (χ1n) is 9.00. The largest absolute Gasteiger partial charge is 0.353 e. The lowest BCUT2D eigenvalue weighted by Gasteiger charge is -2.26. The standard InChI is InChI=1S/C19H28FN3O.2ClH/c1-23(2)18(14-7-5-8-15(20)10-14)12-21-19(24)17-11-13-6-3-4-9-16(13)22-17;;/h5,7-8,10,13,16-18,22H,3-4,6,9,11-12H2,1-2H3,(H,21,24);2*1H. The summed E-state index contributed by atoms with van der Waals surface area (Å²) in [6, 6.07) is 7.01. The van der Waals surface area contributed by atoms with E-state index in [-0.39, 0.29) is 48.6 Å². The number of halogens is 3. The van der Waals surface area contributed by atoms with E-state index in [1.54, 1.807) is 12.1 Å². The van der Waals surface area contributed by atoms with Gasteiger partial charge in [0.15, 0.2) is 0 Å². The van der Waals surface area contributed by atoms with Crippen LogP contribution in [0.3, 0.4) is 0 Å². The Hall–Kier alpha value is -0.880. The molecule has 1 heterocycles. The number of nitrogens with one attached hydrogen (secondary N) is 2. The van der Waals surface area contributed by atoms with Crippen LogP contribution < -0.4 is 10.6 Å². The molecule has 1 saturated heterocycles. The summed E-state index contributed by atoms with van der Waals surface area (Å²) in [5.74, 6) is 0.488. The summed E-state index contributed by atoms with van der Waals surface area (Å²) in [5.41, 5.74) is 0.883. The van der Waals surface area contributed by atoms with Crippen LogP contribution in [0.5, 0.6) is 0 Å². The monoisotopic (exact) mass is 405 g/mol. The molecule has 1 aliphatic heterocycles. The van der Waals surface area contributed by atoms with E-state index in [1.807, 2.05) is 25.1 Å². The van der Waals surface area contributed by atoms with E-state index in [2.05, 4.69) is 10.6 Å². The molecule has 2 aliphatic rings. The minimum Gasteiger partial charge on any atom is -0.353 e. The van der Waals surface area contributed by atoms with E-state index in [0.29, 0.717) is 18.5 Å². The Labute approximate surface area is 168 Å². The minimum atomic E-state index is -0.243. The number of fused-ring (bicyclic) bond motifs is 1. The second-order valence-corrected chi connectivity index (χ2v) is 7.39. The SMILES string of the molecule is CN(C)C(CNC(=O)C1CC2CCCCC2N1)c1cccc(F)c1.Cl.Cl. The van der Waals surface area contributed by atoms with Gasteiger partial charge in [-0.25, -0.2) is 4.39 Å². The summed E-state index contributed by atoms with van der Waals surface area (Å²) in [4.78, 5) is 14.6. The Morgan fingerprint density at radius 3 is 2.69 bits per heavy atom. The molecule has 1 amide bonds. The number of rotatable bonds is 5. The van der Waals surface area contributed by atoms with E-state index in [0.717, 1.165) is 12.0 Å². The van der Waals surface area contributed by atoms with Crippen molar-refractivity contribution in [2.75, 3.05) is 20.6 Å². The fraction of sp³-hybridized carbons (Fsp3) is 0.632. The predicted octanol–water partition coefficient (Wildman–Crippen LogP) is 3.31. The average molecular weight is 406 g/mol. The second-order valence-electron chi connectivity index (χ2n) is 7.39. The molecule has 26 heavy (non-hydrogen) atoms. The van der Waals surface area contributed by atoms with Crippen molar-refractivity contribution in [2.45, 2.75) is 50.2 Å². The van der Waals surface area contributed by atoms with Crippen LogP contribution in [0.4, 0.5) is 4.39 Å². The molecule has 7 heteroatoms. The molecule has 1 aromatic carbocycles. The molecule has 0 bridgehead atoms. The van der Waals surface area contributed by atoms with Gasteiger partial charge in [0.25, 0.3) is 0 Å². The van der Waals surface area contributed by atoms with Gasteiger partial charge in [0.1, 0.15) is 5.82 Å². The Morgan fingerprint density at radius 1 is 1.31 bits per heavy atom. The number of hydrogen-bond acceptors (Lipinski definition) is 3. The number of nitrogens with zero attached hydrogens (tertiary/aromatic N) is 1. The smallest absolute Gasteiger partial charge is 0.237 e. The third-order valence-electron chi connectivity index (χ3n) is 5.51. The Balaban J connectivity index is 0.00000169. The Morgan fingerprint density at radius 2 is 2.04 bits per heavy atom. The molecule has 0 radical (unpaired) electrons. The Bertz CT molecular complexity index is 574. The predicted molar refractivity (Wildman–Crippen MR) is 108 cm³/mol. The number of amides is 1. The van der Waals surface area contributed by atoms with Crippen LogP contribution in [0.1, 0.15) is 43.7 Å². The third-order valence-corrected chi connectivity index (χ3v) is 5.51. The molecule has 3 rings (SSSR count). The third kappa shape index (κ3) is 5.56. The normalized spacial score (nSPS) is 25.6. The number of hydrogen-bond donors (Lipinski definition) is 2. The number of carbonyl (C=O) groups excluding carboxylic acids is 1. The van der Waals surface area contributed by atoms with Gasteiger partial charge in [-0.2, -0.15) is 0 Å². The highest BCUT2D eigenvalue weighted by Gasteiger charge is 2.38. The van der Waals surface area contributed by atoms with E-state index in [9.17, 15) is 9.18 Å². The van der Waals surface area contributed by atoms with Gasteiger partial charge >= 0.3 is 0 Å². The van der Waals surface area contributed by atoms with Crippen molar-refractivity contribution in [3.8, 4) is 0 Å². The second kappa shape index (κ2) is 10.5. The van der Waals surface area contributed by atoms with Crippen molar-refractivity contribution in [1.29, 1.82) is 0 Å². The van der Waals surface area contributed by atoms with Crippen molar-refractivity contribution in [2.24, 2.45) is 5.92 Å². The van der Waals surface area contributed by atoms with Crippen molar-refractivity contribution < 1.29 is 9.18 Å². The van der Waals surface area contributed by atoms with Crippen molar-refractivity contribution in [1.82, 2.24) is 15.5 Å². The average Bonchev–Trinajstić information content (AvgIpc) is 2.99. The van der Waals surface area contributed by atoms with E-state index < -0.39 is 0 Å². The van der Waals surface area contributed by atoms with Crippen LogP contribution in [-0.4, -0.2) is 43.5 Å². The molecular formula is C19H30Cl2FN3O. The van der Waals surface area contributed by atoms with Crippen LogP contribution in [0, 0.1) is 11.7 Å². The summed E-state index contributed by atoms with van der Waals surface area (Å²) in [5, 5.41) is 6.58. The van der Waals surface area contributed by atoms with Gasteiger partial charge in [0.2, 0.25) is 5.91 Å². The van der Waals surface area contributed by atoms with Gasteiger partial charge in [-0.3, -0.25) is 4.79 Å². The maximum absolute atomic E-state index is 13.5. The lowest BCUT2D eigenvalue weighted by molar-refractivity contribution is -0.123. The molecule has 4 atom stereocenters. The lowest BCUT2D eigenvalue weighted by atomic mass is 9.85. The van der Waals surface area contributed by atoms with Crippen molar-refractivity contribution in [3.63, 3.8) is 0 Å². The zero-order valence-electron chi connectivity index (χ0n) is 15.4. The summed E-state index contributed by atoms with van der Waals surface area (Å²) in [7, 11) is 3.90. The summed E-state index contributed by atoms with van der Waals surface area (Å²) in [6.07, 6.45) is 5.94. The zero-order valence-corrected chi connectivity index (χ0v) is 17.0. The molecule has 148 valence electrons. The van der Waals surface area contributed by atoms with Crippen LogP contribution in [0.15, 0.2) is 24.3 Å². The van der Waals surface area contributed by atoms with Gasteiger partial charge in [0.05, 0.1) is 12.1 Å². The highest BCUT2D eigenvalue weighted by molar-refractivity contribution is 5.85. The molecule has 2 fully saturated rings. The van der Waals surface area contributed by atoms with E-state index in [1.165, 1.54) is 31.7 Å². The van der Waals surface area contributed by atoms with Gasteiger partial charge in [0, 0.05) is 12.6 Å². The van der Waals surface area contributed by atoms with E-state index >= 15 is 0 Å². The summed E-state index contributed by atoms with van der Waals surface area (Å²) >= 11 is 0. The molecule has 2 N–H and O–H groups in total. The van der Waals surface area contributed by atoms with E-state index in [4.69, 9.17) is 0 Å². The molecular weight excluding hydrogens is 376 g/mol. The van der Waals surface area contributed by atoms with Crippen LogP contribution >= 0.6 is 24.8 Å². The number of likely N-dealkylation sites (N-methyl/N-ethyl adjacent to an activating group) is 1. The fourth-order valence-electron chi connectivity index (χ4n) is 4.15. The van der Waals surface area contributed by atoms with Gasteiger partial charge in [-0.15, -0.1) is 24.8 Å². The van der Waals surface area contributed by atoms with Gasteiger partial charge < -0.3 is 15.5 Å². The summed E-state index contributed by atoms with van der Waals surface area (Å²) in [6.45, 7) is 0.489. The molecule has 0 aromatic heterocycles. The first-order valence-corrected chi connectivity index (χ1v) is 9.00. The molecule has 1 aromatic rings. The highest BCUT2D eigenvalue weighted by atomic mass is 35.5.